The maximum absolute atomic E-state index is 12.6. The van der Waals surface area contributed by atoms with Gasteiger partial charge in [0.2, 0.25) is 5.91 Å². The molecule has 0 aliphatic heterocycles. The van der Waals surface area contributed by atoms with Crippen molar-refractivity contribution in [2.75, 3.05) is 18.1 Å². The summed E-state index contributed by atoms with van der Waals surface area (Å²) in [6.07, 6.45) is 1.05. The van der Waals surface area contributed by atoms with Crippen LogP contribution < -0.4 is 4.90 Å². The van der Waals surface area contributed by atoms with Gasteiger partial charge in [0.15, 0.2) is 0 Å². The van der Waals surface area contributed by atoms with E-state index in [0.717, 1.165) is 28.3 Å². The zero-order valence-electron chi connectivity index (χ0n) is 15.8. The number of aliphatic hydroxyl groups is 1. The molecule has 0 fully saturated rings. The third-order valence-corrected chi connectivity index (χ3v) is 4.51. The van der Waals surface area contributed by atoms with Crippen molar-refractivity contribution in [2.45, 2.75) is 26.7 Å². The van der Waals surface area contributed by atoms with Crippen LogP contribution in [0.25, 0.3) is 5.69 Å². The number of aryl methyl sites for hydroxylation is 3. The van der Waals surface area contributed by atoms with Gasteiger partial charge in [0.05, 0.1) is 18.0 Å². The summed E-state index contributed by atoms with van der Waals surface area (Å²) in [5, 5.41) is 13.8. The number of nitrogens with zero attached hydrogens (tertiary/aromatic N) is 3. The lowest BCUT2D eigenvalue weighted by Crippen LogP contribution is -2.33. The Morgan fingerprint density at radius 3 is 2.37 bits per heavy atom. The first-order valence-corrected chi connectivity index (χ1v) is 9.17. The van der Waals surface area contributed by atoms with E-state index in [-0.39, 0.29) is 12.5 Å². The van der Waals surface area contributed by atoms with E-state index in [9.17, 15) is 9.90 Å². The van der Waals surface area contributed by atoms with Gasteiger partial charge in [0.25, 0.3) is 0 Å². The van der Waals surface area contributed by atoms with Gasteiger partial charge in [-0.3, -0.25) is 4.79 Å². The molecule has 0 bridgehead atoms. The summed E-state index contributed by atoms with van der Waals surface area (Å²) in [6.45, 7) is 4.26. The van der Waals surface area contributed by atoms with Crippen LogP contribution in [0, 0.1) is 13.8 Å². The highest BCUT2D eigenvalue weighted by Crippen LogP contribution is 2.17. The third kappa shape index (κ3) is 4.63. The van der Waals surface area contributed by atoms with Crippen molar-refractivity contribution in [1.82, 2.24) is 9.78 Å². The Morgan fingerprint density at radius 1 is 1.07 bits per heavy atom. The zero-order valence-corrected chi connectivity index (χ0v) is 15.8. The van der Waals surface area contributed by atoms with E-state index in [4.69, 9.17) is 0 Å². The number of aliphatic hydroxyl groups excluding tert-OH is 1. The molecule has 0 unspecified atom stereocenters. The van der Waals surface area contributed by atoms with Gasteiger partial charge in [0, 0.05) is 24.3 Å². The summed E-state index contributed by atoms with van der Waals surface area (Å²) in [4.78, 5) is 14.3. The number of para-hydroxylation sites is 1. The van der Waals surface area contributed by atoms with Crippen LogP contribution in [0.5, 0.6) is 0 Å². The zero-order chi connectivity index (χ0) is 19.2. The van der Waals surface area contributed by atoms with E-state index in [1.54, 1.807) is 4.90 Å². The highest BCUT2D eigenvalue weighted by atomic mass is 16.3. The van der Waals surface area contributed by atoms with Crippen LogP contribution in [0.1, 0.15) is 23.4 Å². The molecule has 5 nitrogen and oxygen atoms in total. The molecule has 3 aromatic rings. The van der Waals surface area contributed by atoms with Crippen molar-refractivity contribution in [1.29, 1.82) is 0 Å². The van der Waals surface area contributed by atoms with Gasteiger partial charge in [0.1, 0.15) is 0 Å². The fourth-order valence-corrected chi connectivity index (χ4v) is 3.19. The Kier molecular flexibility index (Phi) is 6.04. The van der Waals surface area contributed by atoms with E-state index >= 15 is 0 Å². The Hall–Kier alpha value is -2.92. The third-order valence-electron chi connectivity index (χ3n) is 4.51. The predicted octanol–water partition coefficient (Wildman–Crippen LogP) is 3.45. The van der Waals surface area contributed by atoms with Crippen LogP contribution >= 0.6 is 0 Å². The molecule has 1 amide bonds. The SMILES string of the molecule is Cc1cc(C)n(-c2ccc(CCC(=O)N(CCO)c3ccccc3)cc2)n1. The van der Waals surface area contributed by atoms with Crippen LogP contribution in [0.2, 0.25) is 0 Å². The smallest absolute Gasteiger partial charge is 0.227 e. The minimum absolute atomic E-state index is 0.0119. The number of anilines is 1. The van der Waals surface area contributed by atoms with Crippen molar-refractivity contribution in [3.63, 3.8) is 0 Å². The topological polar surface area (TPSA) is 58.4 Å². The Bertz CT molecular complexity index is 886. The normalized spacial score (nSPS) is 10.8. The summed E-state index contributed by atoms with van der Waals surface area (Å²) in [5.41, 5.74) is 5.02. The Labute approximate surface area is 159 Å². The maximum Gasteiger partial charge on any atom is 0.227 e. The van der Waals surface area contributed by atoms with Crippen molar-refractivity contribution in [3.05, 3.63) is 77.6 Å². The number of hydrogen-bond acceptors (Lipinski definition) is 3. The van der Waals surface area contributed by atoms with E-state index in [2.05, 4.69) is 5.10 Å². The molecular weight excluding hydrogens is 338 g/mol. The molecule has 1 heterocycles. The second-order valence-electron chi connectivity index (χ2n) is 6.61. The van der Waals surface area contributed by atoms with Crippen LogP contribution in [0.4, 0.5) is 5.69 Å². The molecule has 0 saturated heterocycles. The van der Waals surface area contributed by atoms with E-state index in [1.165, 1.54) is 0 Å². The molecule has 140 valence electrons. The van der Waals surface area contributed by atoms with E-state index in [0.29, 0.717) is 19.4 Å². The van der Waals surface area contributed by atoms with Crippen molar-refractivity contribution >= 4 is 11.6 Å². The molecule has 0 spiro atoms. The van der Waals surface area contributed by atoms with E-state index in [1.807, 2.05) is 79.2 Å². The number of carbonyl (C=O) groups is 1. The van der Waals surface area contributed by atoms with Crippen molar-refractivity contribution < 1.29 is 9.90 Å². The number of amides is 1. The van der Waals surface area contributed by atoms with Gasteiger partial charge in [-0.2, -0.15) is 5.10 Å². The summed E-state index contributed by atoms with van der Waals surface area (Å²) < 4.78 is 1.92. The van der Waals surface area contributed by atoms with Gasteiger partial charge < -0.3 is 10.0 Å². The van der Waals surface area contributed by atoms with E-state index < -0.39 is 0 Å². The summed E-state index contributed by atoms with van der Waals surface area (Å²) in [5.74, 6) is 0.0119. The van der Waals surface area contributed by atoms with Crippen LogP contribution in [0.3, 0.4) is 0 Å². The second-order valence-corrected chi connectivity index (χ2v) is 6.61. The van der Waals surface area contributed by atoms with Crippen LogP contribution in [0.15, 0.2) is 60.7 Å². The molecule has 27 heavy (non-hydrogen) atoms. The van der Waals surface area contributed by atoms with Gasteiger partial charge >= 0.3 is 0 Å². The quantitative estimate of drug-likeness (QED) is 0.699. The molecule has 0 saturated carbocycles. The molecule has 5 heteroatoms. The largest absolute Gasteiger partial charge is 0.395 e. The minimum atomic E-state index is -0.0576. The van der Waals surface area contributed by atoms with Gasteiger partial charge in [-0.15, -0.1) is 0 Å². The molecular formula is C22H25N3O2. The van der Waals surface area contributed by atoms with Crippen molar-refractivity contribution in [2.24, 2.45) is 0 Å². The van der Waals surface area contributed by atoms with Gasteiger partial charge in [-0.05, 0) is 56.2 Å². The average molecular weight is 363 g/mol. The van der Waals surface area contributed by atoms with Gasteiger partial charge in [-0.1, -0.05) is 30.3 Å². The molecule has 0 radical (unpaired) electrons. The molecule has 1 N–H and O–H groups in total. The lowest BCUT2D eigenvalue weighted by Gasteiger charge is -2.22. The number of rotatable bonds is 7. The highest BCUT2D eigenvalue weighted by Gasteiger charge is 2.15. The lowest BCUT2D eigenvalue weighted by atomic mass is 10.1. The summed E-state index contributed by atoms with van der Waals surface area (Å²) in [7, 11) is 0. The standard InChI is InChI=1S/C22H25N3O2/c1-17-16-18(2)25(23-17)21-11-8-19(9-12-21)10-13-22(27)24(14-15-26)20-6-4-3-5-7-20/h3-9,11-12,16,26H,10,13-15H2,1-2H3. The summed E-state index contributed by atoms with van der Waals surface area (Å²) >= 11 is 0. The molecule has 2 aromatic carbocycles. The predicted molar refractivity (Wildman–Crippen MR) is 107 cm³/mol. The first-order valence-electron chi connectivity index (χ1n) is 9.17. The first-order chi connectivity index (χ1) is 13.1. The summed E-state index contributed by atoms with van der Waals surface area (Å²) in [6, 6.07) is 19.7. The molecule has 3 rings (SSSR count). The fourth-order valence-electron chi connectivity index (χ4n) is 3.19. The minimum Gasteiger partial charge on any atom is -0.395 e. The van der Waals surface area contributed by atoms with Crippen LogP contribution in [-0.2, 0) is 11.2 Å². The molecule has 0 aliphatic carbocycles. The Morgan fingerprint density at radius 2 is 1.78 bits per heavy atom. The monoisotopic (exact) mass is 363 g/mol. The fraction of sp³-hybridized carbons (Fsp3) is 0.273. The molecule has 0 atom stereocenters. The molecule has 1 aromatic heterocycles. The number of aromatic nitrogens is 2. The number of hydrogen-bond donors (Lipinski definition) is 1. The van der Waals surface area contributed by atoms with Crippen LogP contribution in [-0.4, -0.2) is 33.9 Å². The van der Waals surface area contributed by atoms with Crippen molar-refractivity contribution in [3.8, 4) is 5.69 Å². The maximum atomic E-state index is 12.6. The van der Waals surface area contributed by atoms with Gasteiger partial charge in [-0.25, -0.2) is 4.68 Å². The lowest BCUT2D eigenvalue weighted by molar-refractivity contribution is -0.118. The molecule has 0 aliphatic rings. The average Bonchev–Trinajstić information content (AvgIpc) is 3.03. The second kappa shape index (κ2) is 8.64. The first kappa shape index (κ1) is 18.9. The number of carbonyl (C=O) groups excluding carboxylic acids is 1. The Balaban J connectivity index is 1.65. The highest BCUT2D eigenvalue weighted by molar-refractivity contribution is 5.93. The number of benzene rings is 2.